The van der Waals surface area contributed by atoms with E-state index in [1.807, 2.05) is 24.3 Å². The molecule has 2 N–H and O–H groups in total. The van der Waals surface area contributed by atoms with Crippen LogP contribution in [0.3, 0.4) is 0 Å². The first-order chi connectivity index (χ1) is 9.58. The molecule has 5 nitrogen and oxygen atoms in total. The van der Waals surface area contributed by atoms with Gasteiger partial charge in [0.25, 0.3) is 0 Å². The third-order valence-corrected chi connectivity index (χ3v) is 6.11. The minimum absolute atomic E-state index is 0.0981. The lowest BCUT2D eigenvalue weighted by Gasteiger charge is -2.28. The van der Waals surface area contributed by atoms with E-state index in [4.69, 9.17) is 10.5 Å². The number of nitrogens with two attached hydrogens (primary N) is 1. The number of morpholine rings is 1. The quantitative estimate of drug-likeness (QED) is 0.871. The van der Waals surface area contributed by atoms with Gasteiger partial charge in [-0.25, -0.2) is 8.42 Å². The highest BCUT2D eigenvalue weighted by atomic mass is 32.2. The zero-order valence-corrected chi connectivity index (χ0v) is 12.2. The maximum atomic E-state index is 12.5. The molecule has 20 heavy (non-hydrogen) atoms. The van der Waals surface area contributed by atoms with E-state index in [1.54, 1.807) is 0 Å². The monoisotopic (exact) mass is 296 g/mol. The molecule has 1 aliphatic heterocycles. The Morgan fingerprint density at radius 2 is 1.95 bits per heavy atom. The van der Waals surface area contributed by atoms with Crippen molar-refractivity contribution >= 4 is 10.0 Å². The highest BCUT2D eigenvalue weighted by Crippen LogP contribution is 2.33. The van der Waals surface area contributed by atoms with E-state index < -0.39 is 10.0 Å². The number of fused-ring (bicyclic) bond motifs is 1. The molecular formula is C14H20N2O3S. The van der Waals surface area contributed by atoms with Gasteiger partial charge in [0.15, 0.2) is 0 Å². The van der Waals surface area contributed by atoms with Crippen LogP contribution in [-0.4, -0.2) is 50.8 Å². The highest BCUT2D eigenvalue weighted by molar-refractivity contribution is 7.89. The molecule has 0 bridgehead atoms. The summed E-state index contributed by atoms with van der Waals surface area (Å²) >= 11 is 0. The number of rotatable bonds is 3. The zero-order chi connectivity index (χ0) is 14.2. The van der Waals surface area contributed by atoms with Crippen LogP contribution in [0.4, 0.5) is 0 Å². The van der Waals surface area contributed by atoms with Crippen molar-refractivity contribution in [2.45, 2.75) is 18.4 Å². The molecule has 0 saturated carbocycles. The van der Waals surface area contributed by atoms with E-state index in [9.17, 15) is 8.42 Å². The summed E-state index contributed by atoms with van der Waals surface area (Å²) in [5.74, 6) is 0.00425. The SMILES string of the molecule is N[C@@H]1Cc2ccccc2[C@H]1CS(=O)(=O)N1CCOCC1. The topological polar surface area (TPSA) is 72.6 Å². The summed E-state index contributed by atoms with van der Waals surface area (Å²) in [7, 11) is -3.27. The number of hydrogen-bond acceptors (Lipinski definition) is 4. The molecule has 110 valence electrons. The molecule has 1 fully saturated rings. The van der Waals surface area contributed by atoms with Crippen LogP contribution < -0.4 is 5.73 Å². The fourth-order valence-corrected chi connectivity index (χ4v) is 4.88. The maximum absolute atomic E-state index is 12.5. The van der Waals surface area contributed by atoms with Crippen LogP contribution >= 0.6 is 0 Å². The molecule has 0 radical (unpaired) electrons. The molecular weight excluding hydrogens is 276 g/mol. The summed E-state index contributed by atoms with van der Waals surface area (Å²) in [6, 6.07) is 7.86. The summed E-state index contributed by atoms with van der Waals surface area (Å²) < 4.78 is 31.8. The normalized spacial score (nSPS) is 27.4. The summed E-state index contributed by atoms with van der Waals surface area (Å²) in [4.78, 5) is 0. The first kappa shape index (κ1) is 14.0. The average Bonchev–Trinajstić information content (AvgIpc) is 2.76. The Bertz CT molecular complexity index is 582. The van der Waals surface area contributed by atoms with Gasteiger partial charge < -0.3 is 10.5 Å². The van der Waals surface area contributed by atoms with Gasteiger partial charge in [0.1, 0.15) is 0 Å². The third-order valence-electron chi connectivity index (χ3n) is 4.18. The Morgan fingerprint density at radius 1 is 1.25 bits per heavy atom. The molecule has 2 aliphatic rings. The Balaban J connectivity index is 1.80. The first-order valence-electron chi connectivity index (χ1n) is 6.97. The van der Waals surface area contributed by atoms with Crippen molar-refractivity contribution in [1.29, 1.82) is 0 Å². The third kappa shape index (κ3) is 2.61. The van der Waals surface area contributed by atoms with Gasteiger partial charge in [-0.1, -0.05) is 24.3 Å². The Morgan fingerprint density at radius 3 is 2.70 bits per heavy atom. The van der Waals surface area contributed by atoms with E-state index in [0.29, 0.717) is 26.3 Å². The standard InChI is InChI=1S/C14H20N2O3S/c15-14-9-11-3-1-2-4-12(11)13(14)10-20(17,18)16-5-7-19-8-6-16/h1-4,13-14H,5-10,15H2/t13-,14-/m1/s1. The van der Waals surface area contributed by atoms with Gasteiger partial charge in [-0.3, -0.25) is 0 Å². The average molecular weight is 296 g/mol. The van der Waals surface area contributed by atoms with Gasteiger partial charge in [-0.15, -0.1) is 0 Å². The Kier molecular flexibility index (Phi) is 3.81. The largest absolute Gasteiger partial charge is 0.379 e. The summed E-state index contributed by atoms with van der Waals surface area (Å²) in [5.41, 5.74) is 8.44. The van der Waals surface area contributed by atoms with E-state index >= 15 is 0 Å². The predicted molar refractivity (Wildman–Crippen MR) is 77.0 cm³/mol. The lowest BCUT2D eigenvalue weighted by Crippen LogP contribution is -2.44. The predicted octanol–water partition coefficient (Wildman–Crippen LogP) is 0.316. The highest BCUT2D eigenvalue weighted by Gasteiger charge is 2.35. The Labute approximate surface area is 119 Å². The van der Waals surface area contributed by atoms with Crippen LogP contribution in [-0.2, 0) is 21.2 Å². The van der Waals surface area contributed by atoms with Crippen molar-refractivity contribution in [3.05, 3.63) is 35.4 Å². The molecule has 3 rings (SSSR count). The van der Waals surface area contributed by atoms with Crippen LogP contribution in [0, 0.1) is 0 Å². The summed E-state index contributed by atoms with van der Waals surface area (Å²) in [5, 5.41) is 0. The molecule has 0 unspecified atom stereocenters. The van der Waals surface area contributed by atoms with Gasteiger partial charge >= 0.3 is 0 Å². The molecule has 0 aromatic heterocycles. The van der Waals surface area contributed by atoms with Crippen molar-refractivity contribution in [2.24, 2.45) is 5.73 Å². The van der Waals surface area contributed by atoms with Gasteiger partial charge in [-0.05, 0) is 17.5 Å². The molecule has 1 saturated heterocycles. The number of ether oxygens (including phenoxy) is 1. The molecule has 1 aliphatic carbocycles. The van der Waals surface area contributed by atoms with Crippen molar-refractivity contribution in [3.63, 3.8) is 0 Å². The molecule has 1 aromatic carbocycles. The van der Waals surface area contributed by atoms with E-state index in [2.05, 4.69) is 0 Å². The van der Waals surface area contributed by atoms with Crippen LogP contribution in [0.5, 0.6) is 0 Å². The first-order valence-corrected chi connectivity index (χ1v) is 8.58. The molecule has 0 spiro atoms. The van der Waals surface area contributed by atoms with Gasteiger partial charge in [0.2, 0.25) is 10.0 Å². The Hall–Kier alpha value is -0.950. The summed E-state index contributed by atoms with van der Waals surface area (Å²) in [6.07, 6.45) is 0.763. The molecule has 0 amide bonds. The van der Waals surface area contributed by atoms with Crippen LogP contribution in [0.1, 0.15) is 17.0 Å². The van der Waals surface area contributed by atoms with Gasteiger partial charge in [0.05, 0.1) is 19.0 Å². The molecule has 1 heterocycles. The van der Waals surface area contributed by atoms with Gasteiger partial charge in [-0.2, -0.15) is 4.31 Å². The second kappa shape index (κ2) is 5.44. The summed E-state index contributed by atoms with van der Waals surface area (Å²) in [6.45, 7) is 1.86. The minimum Gasteiger partial charge on any atom is -0.379 e. The fraction of sp³-hybridized carbons (Fsp3) is 0.571. The second-order valence-electron chi connectivity index (χ2n) is 5.46. The molecule has 6 heteroatoms. The molecule has 1 aromatic rings. The fourth-order valence-electron chi connectivity index (χ4n) is 3.08. The molecule has 2 atom stereocenters. The second-order valence-corrected chi connectivity index (χ2v) is 7.48. The van der Waals surface area contributed by atoms with Crippen LogP contribution in [0.15, 0.2) is 24.3 Å². The van der Waals surface area contributed by atoms with Crippen molar-refractivity contribution in [1.82, 2.24) is 4.31 Å². The minimum atomic E-state index is -3.27. The van der Waals surface area contributed by atoms with E-state index in [1.165, 1.54) is 9.87 Å². The van der Waals surface area contributed by atoms with Gasteiger partial charge in [0, 0.05) is 25.0 Å². The van der Waals surface area contributed by atoms with Crippen molar-refractivity contribution in [3.8, 4) is 0 Å². The maximum Gasteiger partial charge on any atom is 0.214 e. The number of benzene rings is 1. The van der Waals surface area contributed by atoms with Crippen molar-refractivity contribution < 1.29 is 13.2 Å². The number of nitrogens with zero attached hydrogens (tertiary/aromatic N) is 1. The number of sulfonamides is 1. The lowest BCUT2D eigenvalue weighted by atomic mass is 10.0. The smallest absolute Gasteiger partial charge is 0.214 e. The number of hydrogen-bond donors (Lipinski definition) is 1. The van der Waals surface area contributed by atoms with E-state index in [-0.39, 0.29) is 17.7 Å². The lowest BCUT2D eigenvalue weighted by molar-refractivity contribution is 0.0729. The van der Waals surface area contributed by atoms with Crippen LogP contribution in [0.25, 0.3) is 0 Å². The zero-order valence-electron chi connectivity index (χ0n) is 11.4. The van der Waals surface area contributed by atoms with Crippen molar-refractivity contribution in [2.75, 3.05) is 32.1 Å². The van der Waals surface area contributed by atoms with E-state index in [0.717, 1.165) is 12.0 Å². The van der Waals surface area contributed by atoms with Crippen LogP contribution in [0.2, 0.25) is 0 Å².